The molecule has 0 bridgehead atoms. The maximum Gasteiger partial charge on any atom is 0.255 e. The van der Waals surface area contributed by atoms with Crippen LogP contribution < -0.4 is 15.5 Å². The van der Waals surface area contributed by atoms with Gasteiger partial charge in [-0.05, 0) is 35.4 Å². The highest BCUT2D eigenvalue weighted by Crippen LogP contribution is 2.40. The lowest BCUT2D eigenvalue weighted by Crippen LogP contribution is -2.71. The topological polar surface area (TPSA) is 95.4 Å². The van der Waals surface area contributed by atoms with Crippen LogP contribution in [0, 0.1) is 11.2 Å². The van der Waals surface area contributed by atoms with E-state index in [9.17, 15) is 14.0 Å². The SMILES string of the molecule is O=C(Nc1nccs1)C(c1cnn2c1C[C@@H](F)C2)N1Cc2c(F)cc(-c3ccc(N4CC5(CNC5)C4)cc3)cc2C1=O. The summed E-state index contributed by atoms with van der Waals surface area (Å²) in [5, 5.41) is 12.5. The number of fused-ring (bicyclic) bond motifs is 2. The molecule has 4 aliphatic heterocycles. The quantitative estimate of drug-likeness (QED) is 0.357. The Morgan fingerprint density at radius 1 is 1.17 bits per heavy atom. The van der Waals surface area contributed by atoms with E-state index in [1.165, 1.54) is 33.2 Å². The molecule has 1 spiro atoms. The van der Waals surface area contributed by atoms with Gasteiger partial charge in [-0.3, -0.25) is 19.6 Å². The molecule has 12 heteroatoms. The van der Waals surface area contributed by atoms with E-state index in [0.29, 0.717) is 27.4 Å². The minimum absolute atomic E-state index is 0.0924. The van der Waals surface area contributed by atoms with E-state index in [-0.39, 0.29) is 30.6 Å². The normalized spacial score (nSPS) is 20.7. The lowest BCUT2D eigenvalue weighted by molar-refractivity contribution is -0.120. The zero-order chi connectivity index (χ0) is 28.6. The number of alkyl halides is 1. The second kappa shape index (κ2) is 9.43. The molecular formula is C30H27F2N7O2S. The molecule has 0 aliphatic carbocycles. The maximum atomic E-state index is 15.6. The first kappa shape index (κ1) is 25.5. The fourth-order valence-corrected chi connectivity index (χ4v) is 7.21. The van der Waals surface area contributed by atoms with E-state index in [2.05, 4.69) is 25.6 Å². The number of hydrogen-bond donors (Lipinski definition) is 2. The van der Waals surface area contributed by atoms with Crippen LogP contribution in [0.5, 0.6) is 0 Å². The first-order valence-corrected chi connectivity index (χ1v) is 14.8. The molecule has 2 N–H and O–H groups in total. The highest BCUT2D eigenvalue weighted by atomic mass is 32.1. The highest BCUT2D eigenvalue weighted by Gasteiger charge is 2.47. The summed E-state index contributed by atoms with van der Waals surface area (Å²) in [6.07, 6.45) is 2.04. The molecule has 214 valence electrons. The van der Waals surface area contributed by atoms with Crippen molar-refractivity contribution in [1.29, 1.82) is 0 Å². The van der Waals surface area contributed by atoms with Crippen molar-refractivity contribution in [3.05, 3.63) is 82.4 Å². The zero-order valence-corrected chi connectivity index (χ0v) is 23.3. The molecule has 2 saturated heterocycles. The predicted molar refractivity (Wildman–Crippen MR) is 154 cm³/mol. The highest BCUT2D eigenvalue weighted by molar-refractivity contribution is 7.13. The van der Waals surface area contributed by atoms with Crippen LogP contribution in [0.1, 0.15) is 33.2 Å². The third kappa shape index (κ3) is 4.03. The number of rotatable bonds is 6. The molecule has 8 rings (SSSR count). The van der Waals surface area contributed by atoms with Crippen molar-refractivity contribution in [3.8, 4) is 11.1 Å². The molecule has 2 aromatic carbocycles. The number of amides is 2. The number of benzene rings is 2. The summed E-state index contributed by atoms with van der Waals surface area (Å²) < 4.78 is 31.4. The van der Waals surface area contributed by atoms with Gasteiger partial charge in [0.15, 0.2) is 5.13 Å². The van der Waals surface area contributed by atoms with E-state index < -0.39 is 29.8 Å². The monoisotopic (exact) mass is 587 g/mol. The molecule has 42 heavy (non-hydrogen) atoms. The van der Waals surface area contributed by atoms with Crippen LogP contribution in [0.3, 0.4) is 0 Å². The number of nitrogens with zero attached hydrogens (tertiary/aromatic N) is 5. The summed E-state index contributed by atoms with van der Waals surface area (Å²) in [5.74, 6) is -1.48. The van der Waals surface area contributed by atoms with E-state index in [0.717, 1.165) is 37.4 Å². The Kier molecular flexibility index (Phi) is 5.73. The Labute approximate surface area is 244 Å². The van der Waals surface area contributed by atoms with Crippen LogP contribution in [-0.4, -0.2) is 63.8 Å². The zero-order valence-electron chi connectivity index (χ0n) is 22.5. The molecule has 4 aliphatic rings. The van der Waals surface area contributed by atoms with Gasteiger partial charge in [-0.2, -0.15) is 5.10 Å². The number of carbonyl (C=O) groups is 2. The van der Waals surface area contributed by atoms with Crippen LogP contribution in [-0.2, 0) is 24.3 Å². The summed E-state index contributed by atoms with van der Waals surface area (Å²) in [6, 6.07) is 9.98. The second-order valence-electron chi connectivity index (χ2n) is 11.7. The summed E-state index contributed by atoms with van der Waals surface area (Å²) in [4.78, 5) is 35.3. The van der Waals surface area contributed by atoms with Crippen LogP contribution in [0.25, 0.3) is 11.1 Å². The van der Waals surface area contributed by atoms with E-state index in [1.807, 2.05) is 24.3 Å². The predicted octanol–water partition coefficient (Wildman–Crippen LogP) is 3.79. The number of anilines is 2. The smallest absolute Gasteiger partial charge is 0.255 e. The first-order chi connectivity index (χ1) is 20.4. The van der Waals surface area contributed by atoms with Gasteiger partial charge in [0, 0.05) is 77.7 Å². The molecule has 2 amide bonds. The van der Waals surface area contributed by atoms with Crippen molar-refractivity contribution in [3.63, 3.8) is 0 Å². The largest absolute Gasteiger partial charge is 0.370 e. The van der Waals surface area contributed by atoms with Gasteiger partial charge < -0.3 is 15.1 Å². The maximum absolute atomic E-state index is 15.6. The minimum atomic E-state index is -1.13. The minimum Gasteiger partial charge on any atom is -0.370 e. The van der Waals surface area contributed by atoms with Gasteiger partial charge in [0.05, 0.1) is 19.3 Å². The van der Waals surface area contributed by atoms with Crippen molar-refractivity contribution < 1.29 is 18.4 Å². The third-order valence-electron chi connectivity index (χ3n) is 8.92. The Balaban J connectivity index is 1.09. The Morgan fingerprint density at radius 3 is 2.69 bits per heavy atom. The van der Waals surface area contributed by atoms with Gasteiger partial charge >= 0.3 is 0 Å². The Morgan fingerprint density at radius 2 is 1.98 bits per heavy atom. The van der Waals surface area contributed by atoms with Gasteiger partial charge in [0.1, 0.15) is 18.0 Å². The number of nitrogens with one attached hydrogen (secondary N) is 2. The molecular weight excluding hydrogens is 560 g/mol. The average Bonchev–Trinajstić information content (AvgIpc) is 3.71. The fourth-order valence-electron chi connectivity index (χ4n) is 6.68. The lowest BCUT2D eigenvalue weighted by Gasteiger charge is -2.57. The third-order valence-corrected chi connectivity index (χ3v) is 9.61. The average molecular weight is 588 g/mol. The van der Waals surface area contributed by atoms with Crippen molar-refractivity contribution in [2.45, 2.75) is 31.7 Å². The van der Waals surface area contributed by atoms with Gasteiger partial charge in [0.2, 0.25) is 0 Å². The van der Waals surface area contributed by atoms with Crippen molar-refractivity contribution in [2.75, 3.05) is 36.4 Å². The van der Waals surface area contributed by atoms with Crippen molar-refractivity contribution in [1.82, 2.24) is 25.0 Å². The second-order valence-corrected chi connectivity index (χ2v) is 12.6. The fraction of sp³-hybridized carbons (Fsp3) is 0.333. The van der Waals surface area contributed by atoms with E-state index in [4.69, 9.17) is 0 Å². The molecule has 2 atom stereocenters. The van der Waals surface area contributed by atoms with Crippen LogP contribution in [0.4, 0.5) is 19.6 Å². The van der Waals surface area contributed by atoms with E-state index >= 15 is 4.39 Å². The molecule has 9 nitrogen and oxygen atoms in total. The standard InChI is InChI=1S/C30H27F2N7O2S/c31-19-9-25-22(10-35-39(25)11-19)26(27(40)36-29-34-5-6-42-29)38-12-23-21(28(38)41)7-18(8-24(23)32)17-1-3-20(4-2-17)37-15-30(16-37)13-33-14-30/h1-8,10,19,26,33H,9,11-16H2,(H,34,36,40)/t19-,26?/m1/s1. The summed E-state index contributed by atoms with van der Waals surface area (Å²) in [6.45, 7) is 4.19. The number of carbonyl (C=O) groups excluding carboxylic acids is 2. The molecule has 6 heterocycles. The molecule has 0 saturated carbocycles. The summed E-state index contributed by atoms with van der Waals surface area (Å²) in [7, 11) is 0. The number of hydrogen-bond acceptors (Lipinski definition) is 7. The first-order valence-electron chi connectivity index (χ1n) is 14.0. The number of aromatic nitrogens is 3. The molecule has 2 aromatic heterocycles. The van der Waals surface area contributed by atoms with Gasteiger partial charge in [0.25, 0.3) is 11.8 Å². The molecule has 4 aromatic rings. The summed E-state index contributed by atoms with van der Waals surface area (Å²) >= 11 is 1.24. The number of thiazole rings is 1. The van der Waals surface area contributed by atoms with Gasteiger partial charge in [-0.25, -0.2) is 13.8 Å². The van der Waals surface area contributed by atoms with Crippen molar-refractivity contribution >= 4 is 34.0 Å². The van der Waals surface area contributed by atoms with Crippen LogP contribution in [0.2, 0.25) is 0 Å². The van der Waals surface area contributed by atoms with Gasteiger partial charge in [-0.15, -0.1) is 11.3 Å². The van der Waals surface area contributed by atoms with Crippen LogP contribution >= 0.6 is 11.3 Å². The molecule has 0 radical (unpaired) electrons. The lowest BCUT2D eigenvalue weighted by atomic mass is 9.74. The van der Waals surface area contributed by atoms with Gasteiger partial charge in [-0.1, -0.05) is 12.1 Å². The Bertz CT molecular complexity index is 1710. The molecule has 1 unspecified atom stereocenters. The van der Waals surface area contributed by atoms with Crippen LogP contribution in [0.15, 0.2) is 54.2 Å². The molecule has 2 fully saturated rings. The number of halogens is 2. The Hall–Kier alpha value is -4.16. The van der Waals surface area contributed by atoms with E-state index in [1.54, 1.807) is 17.6 Å². The van der Waals surface area contributed by atoms with Crippen molar-refractivity contribution in [2.24, 2.45) is 5.41 Å². The summed E-state index contributed by atoms with van der Waals surface area (Å²) in [5.41, 5.74) is 4.38.